The lowest BCUT2D eigenvalue weighted by atomic mass is 10.1. The van der Waals surface area contributed by atoms with E-state index in [9.17, 15) is 9.59 Å². The van der Waals surface area contributed by atoms with Crippen molar-refractivity contribution in [2.24, 2.45) is 0 Å². The van der Waals surface area contributed by atoms with Gasteiger partial charge in [-0.2, -0.15) is 4.68 Å². The average molecular weight is 531 g/mol. The van der Waals surface area contributed by atoms with E-state index in [1.54, 1.807) is 42.5 Å². The summed E-state index contributed by atoms with van der Waals surface area (Å²) in [5.41, 5.74) is 8.51. The third-order valence-corrected chi connectivity index (χ3v) is 6.13. The van der Waals surface area contributed by atoms with Crippen LogP contribution in [-0.2, 0) is 17.6 Å². The van der Waals surface area contributed by atoms with Crippen LogP contribution in [0.15, 0.2) is 54.6 Å². The Morgan fingerprint density at radius 1 is 0.795 bits per heavy atom. The molecule has 10 nitrogen and oxygen atoms in total. The Morgan fingerprint density at radius 2 is 1.36 bits per heavy atom. The summed E-state index contributed by atoms with van der Waals surface area (Å²) in [6.07, 6.45) is 0.178. The third kappa shape index (κ3) is 5.59. The van der Waals surface area contributed by atoms with Gasteiger partial charge in [-0.1, -0.05) is 26.0 Å². The van der Waals surface area contributed by atoms with Crippen LogP contribution in [0.25, 0.3) is 10.9 Å². The second-order valence-electron chi connectivity index (χ2n) is 8.79. The first-order valence-electron chi connectivity index (χ1n) is 12.9. The highest BCUT2D eigenvalue weighted by Gasteiger charge is 2.20. The number of hydrogen-bond acceptors (Lipinski definition) is 8. The van der Waals surface area contributed by atoms with Crippen LogP contribution < -0.4 is 30.0 Å². The number of fused-ring (bicyclic) bond motifs is 3. The van der Waals surface area contributed by atoms with Gasteiger partial charge < -0.3 is 30.0 Å². The van der Waals surface area contributed by atoms with Crippen LogP contribution in [0.1, 0.15) is 29.8 Å². The minimum atomic E-state index is -0.278. The van der Waals surface area contributed by atoms with Crippen molar-refractivity contribution in [2.75, 3.05) is 37.5 Å². The predicted molar refractivity (Wildman–Crippen MR) is 147 cm³/mol. The van der Waals surface area contributed by atoms with Gasteiger partial charge in [0.1, 0.15) is 26.4 Å². The Balaban J connectivity index is 0.00000151. The lowest BCUT2D eigenvalue weighted by Gasteiger charge is -2.18. The van der Waals surface area contributed by atoms with E-state index in [0.29, 0.717) is 66.0 Å². The molecule has 0 atom stereocenters. The van der Waals surface area contributed by atoms with Gasteiger partial charge in [0.05, 0.1) is 18.4 Å². The van der Waals surface area contributed by atoms with Crippen molar-refractivity contribution in [3.05, 3.63) is 65.7 Å². The molecular formula is C29H30N4O6. The van der Waals surface area contributed by atoms with E-state index >= 15 is 0 Å². The van der Waals surface area contributed by atoms with Crippen LogP contribution in [0, 0.1) is 0 Å². The lowest BCUT2D eigenvalue weighted by molar-refractivity contribution is -0.115. The molecule has 0 aliphatic carbocycles. The number of nitrogens with zero attached hydrogens (tertiary/aromatic N) is 2. The molecule has 0 radical (unpaired) electrons. The predicted octanol–water partition coefficient (Wildman–Crippen LogP) is 4.25. The highest BCUT2D eigenvalue weighted by molar-refractivity contribution is 6.04. The molecule has 2 aliphatic heterocycles. The maximum atomic E-state index is 13.3. The molecule has 0 spiro atoms. The highest BCUT2D eigenvalue weighted by Crippen LogP contribution is 2.32. The largest absolute Gasteiger partial charge is 0.486 e. The number of rotatable bonds is 5. The summed E-state index contributed by atoms with van der Waals surface area (Å²) in [6, 6.07) is 15.9. The summed E-state index contributed by atoms with van der Waals surface area (Å²) in [4.78, 5) is 26.2. The molecule has 202 valence electrons. The zero-order valence-electron chi connectivity index (χ0n) is 21.9. The number of aromatic nitrogens is 2. The monoisotopic (exact) mass is 530 g/mol. The maximum Gasteiger partial charge on any atom is 0.251 e. The number of anilines is 2. The molecule has 3 aromatic carbocycles. The molecule has 10 heteroatoms. The summed E-state index contributed by atoms with van der Waals surface area (Å²) in [5, 5.41) is 7.90. The minimum absolute atomic E-state index is 0.0762. The fourth-order valence-corrected chi connectivity index (χ4v) is 4.42. The molecule has 39 heavy (non-hydrogen) atoms. The van der Waals surface area contributed by atoms with Gasteiger partial charge in [-0.25, -0.2) is 0 Å². The number of benzene rings is 3. The first kappa shape index (κ1) is 25.9. The van der Waals surface area contributed by atoms with Gasteiger partial charge in [-0.3, -0.25) is 9.59 Å². The van der Waals surface area contributed by atoms with Crippen molar-refractivity contribution in [1.29, 1.82) is 0 Å². The number of nitrogens with one attached hydrogen (secondary N) is 1. The second kappa shape index (κ2) is 11.3. The zero-order chi connectivity index (χ0) is 27.4. The topological polar surface area (TPSA) is 127 Å². The van der Waals surface area contributed by atoms with Crippen molar-refractivity contribution in [2.45, 2.75) is 26.7 Å². The van der Waals surface area contributed by atoms with Crippen molar-refractivity contribution in [3.8, 4) is 23.0 Å². The molecule has 4 aromatic rings. The van der Waals surface area contributed by atoms with Crippen LogP contribution >= 0.6 is 0 Å². The number of ether oxygens (including phenoxy) is 4. The average Bonchev–Trinajstić information content (AvgIpc) is 3.31. The molecule has 1 amide bonds. The Bertz CT molecular complexity index is 1530. The molecule has 6 rings (SSSR count). The van der Waals surface area contributed by atoms with Gasteiger partial charge in [0, 0.05) is 11.1 Å². The Hall–Kier alpha value is -4.73. The van der Waals surface area contributed by atoms with E-state index in [4.69, 9.17) is 24.7 Å². The molecule has 0 saturated carbocycles. The first-order chi connectivity index (χ1) is 19.0. The van der Waals surface area contributed by atoms with Gasteiger partial charge in [-0.15, -0.1) is 5.10 Å². The van der Waals surface area contributed by atoms with Crippen molar-refractivity contribution in [1.82, 2.24) is 9.78 Å². The van der Waals surface area contributed by atoms with Gasteiger partial charge >= 0.3 is 0 Å². The molecule has 3 N–H and O–H groups in total. The summed E-state index contributed by atoms with van der Waals surface area (Å²) in [5.74, 6) is 2.27. The molecule has 0 saturated heterocycles. The quantitative estimate of drug-likeness (QED) is 0.367. The number of nitrogens with two attached hydrogens (primary N) is 1. The second-order valence-corrected chi connectivity index (χ2v) is 8.79. The molecule has 1 aromatic heterocycles. The lowest BCUT2D eigenvalue weighted by Crippen LogP contribution is -2.19. The molecule has 0 bridgehead atoms. The molecular weight excluding hydrogens is 500 g/mol. The molecule has 2 aliphatic rings. The van der Waals surface area contributed by atoms with E-state index < -0.39 is 0 Å². The smallest absolute Gasteiger partial charge is 0.251 e. The fraction of sp³-hybridized carbons (Fsp3) is 0.276. The Labute approximate surface area is 225 Å². The van der Waals surface area contributed by atoms with Crippen molar-refractivity contribution in [3.63, 3.8) is 0 Å². The van der Waals surface area contributed by atoms with E-state index in [1.807, 2.05) is 26.0 Å². The van der Waals surface area contributed by atoms with E-state index in [-0.39, 0.29) is 30.5 Å². The van der Waals surface area contributed by atoms with E-state index in [0.717, 1.165) is 11.1 Å². The molecule has 3 heterocycles. The normalized spacial score (nSPS) is 13.3. The van der Waals surface area contributed by atoms with Gasteiger partial charge in [0.25, 0.3) is 5.91 Å². The van der Waals surface area contributed by atoms with Crippen LogP contribution in [-0.4, -0.2) is 48.0 Å². The van der Waals surface area contributed by atoms with Crippen LogP contribution in [0.5, 0.6) is 23.0 Å². The number of carbonyl (C=O) groups is 2. The van der Waals surface area contributed by atoms with Gasteiger partial charge in [0.2, 0.25) is 5.91 Å². The summed E-state index contributed by atoms with van der Waals surface area (Å²) in [7, 11) is 0. The van der Waals surface area contributed by atoms with Crippen LogP contribution in [0.4, 0.5) is 11.5 Å². The first-order valence-corrected chi connectivity index (χ1v) is 12.9. The highest BCUT2D eigenvalue weighted by atomic mass is 16.6. The fourth-order valence-electron chi connectivity index (χ4n) is 4.42. The Morgan fingerprint density at radius 3 is 1.97 bits per heavy atom. The number of hydrogen-bond donors (Lipinski definition) is 2. The standard InChI is InChI=1S/C27H24N4O6.C2H6/c28-18-3-4-19-20(15-18)31(26(33)14-17-2-6-22-24(12-17)37-10-8-35-22)30-27(19)29-25(32)13-16-1-5-21-23(11-16)36-9-7-34-21;1-2/h1-6,11-12,15H,7-10,13-14,28H2,(H,29,30,32);1-2H3. The minimum Gasteiger partial charge on any atom is -0.486 e. The summed E-state index contributed by atoms with van der Waals surface area (Å²) < 4.78 is 23.6. The summed E-state index contributed by atoms with van der Waals surface area (Å²) >= 11 is 0. The summed E-state index contributed by atoms with van der Waals surface area (Å²) in [6.45, 7) is 5.92. The molecule has 0 unspecified atom stereocenters. The maximum absolute atomic E-state index is 13.3. The third-order valence-electron chi connectivity index (χ3n) is 6.13. The van der Waals surface area contributed by atoms with E-state index in [1.165, 1.54) is 4.68 Å². The SMILES string of the molecule is CC.Nc1ccc2c(NC(=O)Cc3ccc4c(c3)OCCO4)nn(C(=O)Cc3ccc4c(c3)OCCO4)c2c1. The number of carbonyl (C=O) groups excluding carboxylic acids is 2. The van der Waals surface area contributed by atoms with Crippen molar-refractivity contribution >= 4 is 34.2 Å². The van der Waals surface area contributed by atoms with Crippen molar-refractivity contribution < 1.29 is 28.5 Å². The van der Waals surface area contributed by atoms with Crippen LogP contribution in [0.3, 0.4) is 0 Å². The molecule has 0 fully saturated rings. The van der Waals surface area contributed by atoms with Gasteiger partial charge in [-0.05, 0) is 53.6 Å². The van der Waals surface area contributed by atoms with Gasteiger partial charge in [0.15, 0.2) is 28.8 Å². The Kier molecular flexibility index (Phi) is 7.53. The number of nitrogen functional groups attached to an aromatic ring is 1. The van der Waals surface area contributed by atoms with E-state index in [2.05, 4.69) is 10.4 Å². The number of amides is 1. The zero-order valence-corrected chi connectivity index (χ0v) is 21.9. The van der Waals surface area contributed by atoms with Crippen LogP contribution in [0.2, 0.25) is 0 Å².